The molecule has 208 valence electrons. The summed E-state index contributed by atoms with van der Waals surface area (Å²) >= 11 is 0. The van der Waals surface area contributed by atoms with Crippen LogP contribution in [-0.4, -0.2) is 30.0 Å². The first-order chi connectivity index (χ1) is 19.1. The lowest BCUT2D eigenvalue weighted by molar-refractivity contribution is -0.131. The van der Waals surface area contributed by atoms with Crippen molar-refractivity contribution in [2.45, 2.75) is 56.9 Å². The Morgan fingerprint density at radius 1 is 0.800 bits per heavy atom. The molecule has 3 nitrogen and oxygen atoms in total. The molecule has 40 heavy (non-hydrogen) atoms. The van der Waals surface area contributed by atoms with Gasteiger partial charge in [0.25, 0.3) is 0 Å². The number of ether oxygens (including phenoxy) is 1. The fourth-order valence-electron chi connectivity index (χ4n) is 6.51. The highest BCUT2D eigenvalue weighted by atomic mass is 35.5. The fraction of sp³-hybridized carbons (Fsp3) is 0.306. The van der Waals surface area contributed by atoms with Gasteiger partial charge in [0.2, 0.25) is 0 Å². The third kappa shape index (κ3) is 6.49. The van der Waals surface area contributed by atoms with Gasteiger partial charge in [0.05, 0.1) is 0 Å². The minimum absolute atomic E-state index is 0. The minimum atomic E-state index is -0.278. The van der Waals surface area contributed by atoms with Crippen molar-refractivity contribution in [3.63, 3.8) is 0 Å². The average molecular weight is 554 g/mol. The van der Waals surface area contributed by atoms with E-state index in [0.717, 1.165) is 38.8 Å². The van der Waals surface area contributed by atoms with Crippen molar-refractivity contribution in [1.29, 1.82) is 0 Å². The molecule has 5 rings (SSSR count). The first kappa shape index (κ1) is 29.6. The number of hydrogen-bond acceptors (Lipinski definition) is 3. The molecule has 0 N–H and O–H groups in total. The van der Waals surface area contributed by atoms with Crippen molar-refractivity contribution in [2.24, 2.45) is 0 Å². The fourth-order valence-corrected chi connectivity index (χ4v) is 6.51. The number of carbonyl (C=O) groups excluding carboxylic acids is 1. The van der Waals surface area contributed by atoms with Gasteiger partial charge in [-0.15, -0.1) is 12.4 Å². The van der Waals surface area contributed by atoms with Crippen LogP contribution in [0, 0.1) is 0 Å². The lowest BCUT2D eigenvalue weighted by atomic mass is 9.67. The highest BCUT2D eigenvalue weighted by Crippen LogP contribution is 2.43. The van der Waals surface area contributed by atoms with Gasteiger partial charge in [0, 0.05) is 18.4 Å². The SMILES string of the molecule is CCC1CC(c2ccc(OC(C)=O)cc2)CCN1CCC(c1ccccc1)(c1ccccc1)c1ccccc1.Cl. The molecule has 1 fully saturated rings. The number of nitrogens with zero attached hydrogens (tertiary/aromatic N) is 1. The lowest BCUT2D eigenvalue weighted by Gasteiger charge is -2.43. The maximum absolute atomic E-state index is 11.3. The molecule has 0 saturated carbocycles. The summed E-state index contributed by atoms with van der Waals surface area (Å²) in [5.74, 6) is 0.870. The second-order valence-corrected chi connectivity index (χ2v) is 10.7. The van der Waals surface area contributed by atoms with Crippen LogP contribution in [0.4, 0.5) is 0 Å². The van der Waals surface area contributed by atoms with Crippen LogP contribution in [0.25, 0.3) is 0 Å². The van der Waals surface area contributed by atoms with Gasteiger partial charge in [0.1, 0.15) is 5.75 Å². The monoisotopic (exact) mass is 553 g/mol. The Hall–Kier alpha value is -3.40. The Morgan fingerprint density at radius 2 is 1.30 bits per heavy atom. The van der Waals surface area contributed by atoms with Gasteiger partial charge in [0.15, 0.2) is 0 Å². The zero-order valence-electron chi connectivity index (χ0n) is 23.5. The Morgan fingerprint density at radius 3 is 1.75 bits per heavy atom. The maximum Gasteiger partial charge on any atom is 0.308 e. The van der Waals surface area contributed by atoms with E-state index in [0.29, 0.717) is 17.7 Å². The first-order valence-electron chi connectivity index (χ1n) is 14.3. The van der Waals surface area contributed by atoms with Gasteiger partial charge in [-0.25, -0.2) is 0 Å². The van der Waals surface area contributed by atoms with Crippen molar-refractivity contribution in [2.75, 3.05) is 13.1 Å². The van der Waals surface area contributed by atoms with Gasteiger partial charge in [-0.3, -0.25) is 4.79 Å². The van der Waals surface area contributed by atoms with E-state index < -0.39 is 0 Å². The molecule has 1 heterocycles. The summed E-state index contributed by atoms with van der Waals surface area (Å²) in [7, 11) is 0. The summed E-state index contributed by atoms with van der Waals surface area (Å²) in [6.45, 7) is 5.89. The van der Waals surface area contributed by atoms with Crippen LogP contribution < -0.4 is 4.74 Å². The predicted molar refractivity (Wildman–Crippen MR) is 166 cm³/mol. The standard InChI is InChI=1S/C36H39NO2.ClH/c1-3-34-27-30(29-19-21-35(22-20-29)39-28(2)38)23-25-37(34)26-24-36(31-13-7-4-8-14-31,32-15-9-5-10-16-32)33-17-11-6-12-18-33;/h4-22,30,34H,3,23-27H2,1-2H3;1H. The van der Waals surface area contributed by atoms with Crippen LogP contribution in [-0.2, 0) is 10.2 Å². The molecule has 4 heteroatoms. The molecule has 0 spiro atoms. The summed E-state index contributed by atoms with van der Waals surface area (Å²) in [5, 5.41) is 0. The number of piperidine rings is 1. The van der Waals surface area contributed by atoms with Crippen molar-refractivity contribution >= 4 is 18.4 Å². The van der Waals surface area contributed by atoms with Crippen LogP contribution in [0.15, 0.2) is 115 Å². The van der Waals surface area contributed by atoms with Crippen molar-refractivity contribution in [3.05, 3.63) is 138 Å². The maximum atomic E-state index is 11.3. The molecule has 2 atom stereocenters. The van der Waals surface area contributed by atoms with E-state index in [-0.39, 0.29) is 23.8 Å². The number of benzene rings is 4. The van der Waals surface area contributed by atoms with E-state index in [9.17, 15) is 4.79 Å². The number of esters is 1. The number of hydrogen-bond donors (Lipinski definition) is 0. The average Bonchev–Trinajstić information content (AvgIpc) is 2.99. The summed E-state index contributed by atoms with van der Waals surface area (Å²) < 4.78 is 5.24. The Labute approximate surface area is 245 Å². The van der Waals surface area contributed by atoms with Gasteiger partial charge < -0.3 is 9.64 Å². The van der Waals surface area contributed by atoms with E-state index in [2.05, 4.69) is 115 Å². The zero-order chi connectivity index (χ0) is 27.1. The Kier molecular flexibility index (Phi) is 10.2. The quantitative estimate of drug-likeness (QED) is 0.118. The van der Waals surface area contributed by atoms with Crippen LogP contribution in [0.1, 0.15) is 67.7 Å². The van der Waals surface area contributed by atoms with E-state index in [1.807, 2.05) is 12.1 Å². The van der Waals surface area contributed by atoms with Crippen molar-refractivity contribution in [3.8, 4) is 5.75 Å². The van der Waals surface area contributed by atoms with Gasteiger partial charge in [-0.2, -0.15) is 0 Å². The third-order valence-corrected chi connectivity index (χ3v) is 8.50. The molecule has 4 aromatic rings. The molecule has 1 aliphatic rings. The number of likely N-dealkylation sites (tertiary alicyclic amines) is 1. The normalized spacial score (nSPS) is 17.6. The van der Waals surface area contributed by atoms with Crippen LogP contribution in [0.5, 0.6) is 5.75 Å². The summed E-state index contributed by atoms with van der Waals surface area (Å²) in [6, 6.07) is 41.8. The molecule has 0 aromatic heterocycles. The van der Waals surface area contributed by atoms with Gasteiger partial charge >= 0.3 is 5.97 Å². The molecule has 1 saturated heterocycles. The van der Waals surface area contributed by atoms with Crippen molar-refractivity contribution < 1.29 is 9.53 Å². The lowest BCUT2D eigenvalue weighted by Crippen LogP contribution is -2.44. The molecule has 0 aliphatic carbocycles. The summed E-state index contributed by atoms with van der Waals surface area (Å²) in [4.78, 5) is 14.0. The van der Waals surface area contributed by atoms with Crippen LogP contribution in [0.2, 0.25) is 0 Å². The number of carbonyl (C=O) groups is 1. The smallest absolute Gasteiger partial charge is 0.308 e. The molecule has 1 aliphatic heterocycles. The largest absolute Gasteiger partial charge is 0.427 e. The van der Waals surface area contributed by atoms with E-state index in [1.165, 1.54) is 29.2 Å². The topological polar surface area (TPSA) is 29.5 Å². The van der Waals surface area contributed by atoms with E-state index in [1.54, 1.807) is 0 Å². The second-order valence-electron chi connectivity index (χ2n) is 10.7. The van der Waals surface area contributed by atoms with E-state index in [4.69, 9.17) is 4.74 Å². The highest BCUT2D eigenvalue weighted by molar-refractivity contribution is 5.85. The first-order valence-corrected chi connectivity index (χ1v) is 14.3. The highest BCUT2D eigenvalue weighted by Gasteiger charge is 2.38. The van der Waals surface area contributed by atoms with Crippen LogP contribution in [0.3, 0.4) is 0 Å². The third-order valence-electron chi connectivity index (χ3n) is 8.50. The number of rotatable bonds is 9. The minimum Gasteiger partial charge on any atom is -0.427 e. The molecule has 2 unspecified atom stereocenters. The van der Waals surface area contributed by atoms with E-state index >= 15 is 0 Å². The summed E-state index contributed by atoms with van der Waals surface area (Å²) in [6.07, 6.45) is 4.44. The van der Waals surface area contributed by atoms with Crippen molar-refractivity contribution in [1.82, 2.24) is 4.90 Å². The van der Waals surface area contributed by atoms with Gasteiger partial charge in [-0.05, 0) is 79.1 Å². The molecule has 0 radical (unpaired) electrons. The molecular formula is C36H40ClNO2. The van der Waals surface area contributed by atoms with Crippen LogP contribution >= 0.6 is 12.4 Å². The molecular weight excluding hydrogens is 514 g/mol. The number of halogens is 1. The Bertz CT molecular complexity index is 1230. The predicted octanol–water partition coefficient (Wildman–Crippen LogP) is 8.42. The summed E-state index contributed by atoms with van der Waals surface area (Å²) in [5.41, 5.74) is 5.16. The Balaban J connectivity index is 0.00000370. The molecule has 4 aromatic carbocycles. The molecule has 0 amide bonds. The van der Waals surface area contributed by atoms with Gasteiger partial charge in [-0.1, -0.05) is 110 Å². The second kappa shape index (κ2) is 13.8. The molecule has 0 bridgehead atoms. The zero-order valence-corrected chi connectivity index (χ0v) is 24.4.